The van der Waals surface area contributed by atoms with Crippen molar-refractivity contribution < 1.29 is 17.9 Å². The molecule has 0 saturated carbocycles. The number of aromatic nitrogens is 1. The van der Waals surface area contributed by atoms with Gasteiger partial charge in [-0.15, -0.1) is 0 Å². The maximum Gasteiger partial charge on any atom is 0.357 e. The van der Waals surface area contributed by atoms with Crippen LogP contribution in [0.3, 0.4) is 0 Å². The summed E-state index contributed by atoms with van der Waals surface area (Å²) in [6.45, 7) is 3.97. The van der Waals surface area contributed by atoms with E-state index in [-0.39, 0.29) is 17.1 Å². The number of benzene rings is 1. The zero-order chi connectivity index (χ0) is 18.7. The Morgan fingerprint density at radius 1 is 1.24 bits per heavy atom. The molecule has 1 aromatic carbocycles. The van der Waals surface area contributed by atoms with Crippen LogP contribution < -0.4 is 10.5 Å². The third-order valence-corrected chi connectivity index (χ3v) is 5.92. The third kappa shape index (κ3) is 3.97. The molecule has 8 heteroatoms. The summed E-state index contributed by atoms with van der Waals surface area (Å²) in [7, 11) is -2.55. The SMILES string of the molecule is CCC(N)(CC)CNS(=O)(=O)c1cccc2c(C(=O)OC)nccc12. The van der Waals surface area contributed by atoms with Gasteiger partial charge in [0.05, 0.1) is 12.0 Å². The number of rotatable bonds is 7. The van der Waals surface area contributed by atoms with Crippen molar-refractivity contribution in [1.82, 2.24) is 9.71 Å². The van der Waals surface area contributed by atoms with E-state index in [2.05, 4.69) is 9.71 Å². The summed E-state index contributed by atoms with van der Waals surface area (Å²) in [5, 5.41) is 0.822. The Bertz CT molecular complexity index is 877. The molecule has 2 aromatic rings. The minimum atomic E-state index is -3.80. The smallest absolute Gasteiger partial charge is 0.357 e. The van der Waals surface area contributed by atoms with E-state index in [0.29, 0.717) is 23.6 Å². The average Bonchev–Trinajstić information content (AvgIpc) is 2.64. The standard InChI is InChI=1S/C17H23N3O4S/c1-4-17(18,5-2)11-20-25(22,23)14-8-6-7-13-12(14)9-10-19-15(13)16(21)24-3/h6-10,20H,4-5,11,18H2,1-3H3. The molecule has 2 rings (SSSR count). The van der Waals surface area contributed by atoms with Crippen LogP contribution in [0.25, 0.3) is 10.8 Å². The van der Waals surface area contributed by atoms with Gasteiger partial charge in [0.1, 0.15) is 0 Å². The first-order valence-electron chi connectivity index (χ1n) is 8.02. The molecule has 0 amide bonds. The Kier molecular flexibility index (Phi) is 5.76. The molecular formula is C17H23N3O4S. The summed E-state index contributed by atoms with van der Waals surface area (Å²) in [5.41, 5.74) is 5.65. The van der Waals surface area contributed by atoms with Crippen LogP contribution in [0.2, 0.25) is 0 Å². The van der Waals surface area contributed by atoms with E-state index in [1.165, 1.54) is 19.4 Å². The predicted octanol–water partition coefficient (Wildman–Crippen LogP) is 1.82. The van der Waals surface area contributed by atoms with Crippen LogP contribution in [-0.4, -0.2) is 38.6 Å². The molecule has 0 bridgehead atoms. The van der Waals surface area contributed by atoms with Gasteiger partial charge in [0.15, 0.2) is 5.69 Å². The molecule has 0 aliphatic heterocycles. The number of fused-ring (bicyclic) bond motifs is 1. The molecule has 0 aliphatic rings. The summed E-state index contributed by atoms with van der Waals surface area (Å²) in [5.74, 6) is -0.619. The predicted molar refractivity (Wildman–Crippen MR) is 95.8 cm³/mol. The van der Waals surface area contributed by atoms with Gasteiger partial charge in [-0.2, -0.15) is 0 Å². The number of hydrogen-bond acceptors (Lipinski definition) is 6. The van der Waals surface area contributed by atoms with E-state index in [1.54, 1.807) is 18.2 Å². The normalized spacial score (nSPS) is 12.3. The minimum Gasteiger partial charge on any atom is -0.464 e. The van der Waals surface area contributed by atoms with Crippen molar-refractivity contribution >= 4 is 26.8 Å². The second kappa shape index (κ2) is 7.47. The Balaban J connectivity index is 2.49. The fourth-order valence-electron chi connectivity index (χ4n) is 2.49. The first kappa shape index (κ1) is 19.3. The number of nitrogens with zero attached hydrogens (tertiary/aromatic N) is 1. The first-order valence-corrected chi connectivity index (χ1v) is 9.51. The maximum absolute atomic E-state index is 12.8. The quantitative estimate of drug-likeness (QED) is 0.724. The van der Waals surface area contributed by atoms with Crippen molar-refractivity contribution in [1.29, 1.82) is 0 Å². The molecule has 136 valence electrons. The van der Waals surface area contributed by atoms with Crippen molar-refractivity contribution in [3.05, 3.63) is 36.2 Å². The van der Waals surface area contributed by atoms with E-state index in [9.17, 15) is 13.2 Å². The summed E-state index contributed by atoms with van der Waals surface area (Å²) in [4.78, 5) is 15.9. The number of carbonyl (C=O) groups is 1. The van der Waals surface area contributed by atoms with Crippen LogP contribution in [-0.2, 0) is 14.8 Å². The highest BCUT2D eigenvalue weighted by Crippen LogP contribution is 2.25. The maximum atomic E-state index is 12.8. The number of hydrogen-bond donors (Lipinski definition) is 2. The van der Waals surface area contributed by atoms with E-state index in [0.717, 1.165) is 0 Å². The second-order valence-electron chi connectivity index (χ2n) is 5.90. The highest BCUT2D eigenvalue weighted by atomic mass is 32.2. The first-order chi connectivity index (χ1) is 11.8. The van der Waals surface area contributed by atoms with Crippen molar-refractivity contribution in [2.24, 2.45) is 5.73 Å². The molecule has 3 N–H and O–H groups in total. The molecule has 0 unspecified atom stereocenters. The monoisotopic (exact) mass is 365 g/mol. The fourth-order valence-corrected chi connectivity index (χ4v) is 3.85. The lowest BCUT2D eigenvalue weighted by atomic mass is 9.95. The molecule has 0 aliphatic carbocycles. The molecule has 25 heavy (non-hydrogen) atoms. The zero-order valence-corrected chi connectivity index (χ0v) is 15.4. The van der Waals surface area contributed by atoms with Crippen LogP contribution >= 0.6 is 0 Å². The van der Waals surface area contributed by atoms with Crippen LogP contribution in [0.5, 0.6) is 0 Å². The van der Waals surface area contributed by atoms with Crippen molar-refractivity contribution in [2.45, 2.75) is 37.1 Å². The number of nitrogens with two attached hydrogens (primary N) is 1. The fraction of sp³-hybridized carbons (Fsp3) is 0.412. The number of methoxy groups -OCH3 is 1. The van der Waals surface area contributed by atoms with Crippen molar-refractivity contribution in [2.75, 3.05) is 13.7 Å². The van der Waals surface area contributed by atoms with Gasteiger partial charge in [-0.05, 0) is 25.0 Å². The molecule has 0 fully saturated rings. The highest BCUT2D eigenvalue weighted by Gasteiger charge is 2.25. The molecule has 1 aromatic heterocycles. The number of sulfonamides is 1. The van der Waals surface area contributed by atoms with Crippen LogP contribution in [0, 0.1) is 0 Å². The molecular weight excluding hydrogens is 342 g/mol. The number of ether oxygens (including phenoxy) is 1. The van der Waals surface area contributed by atoms with E-state index in [1.807, 2.05) is 13.8 Å². The molecule has 7 nitrogen and oxygen atoms in total. The largest absolute Gasteiger partial charge is 0.464 e. The van der Waals surface area contributed by atoms with Crippen LogP contribution in [0.1, 0.15) is 37.2 Å². The van der Waals surface area contributed by atoms with E-state index in [4.69, 9.17) is 10.5 Å². The Morgan fingerprint density at radius 3 is 2.52 bits per heavy atom. The Morgan fingerprint density at radius 2 is 1.92 bits per heavy atom. The summed E-state index contributed by atoms with van der Waals surface area (Å²) in [6.07, 6.45) is 2.69. The van der Waals surface area contributed by atoms with Crippen molar-refractivity contribution in [3.63, 3.8) is 0 Å². The molecule has 0 saturated heterocycles. The van der Waals surface area contributed by atoms with Gasteiger partial charge in [0.2, 0.25) is 10.0 Å². The van der Waals surface area contributed by atoms with Gasteiger partial charge in [-0.3, -0.25) is 0 Å². The van der Waals surface area contributed by atoms with Crippen LogP contribution in [0.15, 0.2) is 35.4 Å². The third-order valence-electron chi connectivity index (χ3n) is 4.46. The lowest BCUT2D eigenvalue weighted by molar-refractivity contribution is 0.0596. The van der Waals surface area contributed by atoms with Gasteiger partial charge in [-0.1, -0.05) is 26.0 Å². The van der Waals surface area contributed by atoms with E-state index >= 15 is 0 Å². The number of pyridine rings is 1. The van der Waals surface area contributed by atoms with Gasteiger partial charge in [0.25, 0.3) is 0 Å². The summed E-state index contributed by atoms with van der Waals surface area (Å²) < 4.78 is 32.8. The van der Waals surface area contributed by atoms with Crippen LogP contribution in [0.4, 0.5) is 0 Å². The molecule has 0 radical (unpaired) electrons. The van der Waals surface area contributed by atoms with E-state index < -0.39 is 21.5 Å². The molecule has 0 atom stereocenters. The topological polar surface area (TPSA) is 111 Å². The lowest BCUT2D eigenvalue weighted by Gasteiger charge is -2.26. The van der Waals surface area contributed by atoms with Gasteiger partial charge in [-0.25, -0.2) is 22.9 Å². The van der Waals surface area contributed by atoms with Gasteiger partial charge in [0, 0.05) is 29.1 Å². The number of carbonyl (C=O) groups excluding carboxylic acids is 1. The lowest BCUT2D eigenvalue weighted by Crippen LogP contribution is -2.49. The highest BCUT2D eigenvalue weighted by molar-refractivity contribution is 7.89. The average molecular weight is 365 g/mol. The minimum absolute atomic E-state index is 0.0760. The van der Waals surface area contributed by atoms with Gasteiger partial charge >= 0.3 is 5.97 Å². The second-order valence-corrected chi connectivity index (χ2v) is 7.63. The Hall–Kier alpha value is -2.03. The number of nitrogens with one attached hydrogen (secondary N) is 1. The summed E-state index contributed by atoms with van der Waals surface area (Å²) in [6, 6.07) is 6.26. The zero-order valence-electron chi connectivity index (χ0n) is 14.6. The summed E-state index contributed by atoms with van der Waals surface area (Å²) >= 11 is 0. The van der Waals surface area contributed by atoms with Gasteiger partial charge < -0.3 is 10.5 Å². The Labute approximate surface area is 147 Å². The number of esters is 1. The van der Waals surface area contributed by atoms with Crippen molar-refractivity contribution in [3.8, 4) is 0 Å². The molecule has 0 spiro atoms. The molecule has 1 heterocycles.